The second kappa shape index (κ2) is 6.67. The summed E-state index contributed by atoms with van der Waals surface area (Å²) in [4.78, 5) is 14.3. The number of nitrogens with two attached hydrogens (primary N) is 1. The van der Waals surface area contributed by atoms with Crippen molar-refractivity contribution in [1.29, 1.82) is 0 Å². The summed E-state index contributed by atoms with van der Waals surface area (Å²) in [6.45, 7) is 4.80. The third kappa shape index (κ3) is 3.68. The maximum atomic E-state index is 13.1. The van der Waals surface area contributed by atoms with E-state index in [4.69, 9.17) is 10.5 Å². The van der Waals surface area contributed by atoms with Crippen LogP contribution in [0.1, 0.15) is 13.3 Å². The molecule has 0 saturated carbocycles. The number of anilines is 2. The van der Waals surface area contributed by atoms with Crippen LogP contribution in [-0.2, 0) is 9.53 Å². The standard InChI is InChI=1S/C14H20FN3O2/c1-10(18-5-2-7-20-8-6-18)14(19)17-11-3-4-12(15)13(16)9-11/h3-4,9-10H,2,5-8,16H2,1H3,(H,17,19). The number of nitrogens with one attached hydrogen (secondary N) is 1. The fraction of sp³-hybridized carbons (Fsp3) is 0.500. The predicted octanol–water partition coefficient (Wildman–Crippen LogP) is 1.46. The van der Waals surface area contributed by atoms with Gasteiger partial charge in [-0.25, -0.2) is 4.39 Å². The number of ether oxygens (including phenoxy) is 1. The Balaban J connectivity index is 1.97. The Labute approximate surface area is 117 Å². The van der Waals surface area contributed by atoms with E-state index in [0.29, 0.717) is 12.3 Å². The monoisotopic (exact) mass is 281 g/mol. The van der Waals surface area contributed by atoms with Crippen molar-refractivity contribution in [2.45, 2.75) is 19.4 Å². The van der Waals surface area contributed by atoms with Crippen molar-refractivity contribution >= 4 is 17.3 Å². The zero-order valence-electron chi connectivity index (χ0n) is 11.6. The Morgan fingerprint density at radius 1 is 1.45 bits per heavy atom. The van der Waals surface area contributed by atoms with E-state index in [2.05, 4.69) is 10.2 Å². The largest absolute Gasteiger partial charge is 0.396 e. The molecule has 0 aliphatic carbocycles. The number of carbonyl (C=O) groups is 1. The minimum atomic E-state index is -0.485. The van der Waals surface area contributed by atoms with Gasteiger partial charge in [0.1, 0.15) is 5.82 Å². The van der Waals surface area contributed by atoms with E-state index >= 15 is 0 Å². The molecule has 20 heavy (non-hydrogen) atoms. The number of hydrogen-bond donors (Lipinski definition) is 2. The van der Waals surface area contributed by atoms with Crippen LogP contribution in [0.4, 0.5) is 15.8 Å². The van der Waals surface area contributed by atoms with Gasteiger partial charge >= 0.3 is 0 Å². The third-order valence-electron chi connectivity index (χ3n) is 3.45. The number of nitrogen functional groups attached to an aromatic ring is 1. The number of halogens is 1. The first-order valence-corrected chi connectivity index (χ1v) is 6.75. The van der Waals surface area contributed by atoms with E-state index in [-0.39, 0.29) is 17.6 Å². The molecule has 3 N–H and O–H groups in total. The molecule has 0 spiro atoms. The van der Waals surface area contributed by atoms with E-state index < -0.39 is 5.82 Å². The number of amides is 1. The number of nitrogens with zero attached hydrogens (tertiary/aromatic N) is 1. The molecule has 0 radical (unpaired) electrons. The highest BCUT2D eigenvalue weighted by atomic mass is 19.1. The van der Waals surface area contributed by atoms with Crippen LogP contribution in [0.5, 0.6) is 0 Å². The first-order chi connectivity index (χ1) is 9.58. The van der Waals surface area contributed by atoms with Crippen LogP contribution >= 0.6 is 0 Å². The molecule has 5 nitrogen and oxygen atoms in total. The van der Waals surface area contributed by atoms with Gasteiger partial charge in [-0.1, -0.05) is 0 Å². The number of rotatable bonds is 3. The van der Waals surface area contributed by atoms with Crippen molar-refractivity contribution < 1.29 is 13.9 Å². The topological polar surface area (TPSA) is 67.6 Å². The Kier molecular flexibility index (Phi) is 4.92. The van der Waals surface area contributed by atoms with Gasteiger partial charge in [0, 0.05) is 25.4 Å². The van der Waals surface area contributed by atoms with Crippen LogP contribution < -0.4 is 11.1 Å². The summed E-state index contributed by atoms with van der Waals surface area (Å²) in [7, 11) is 0. The summed E-state index contributed by atoms with van der Waals surface area (Å²) >= 11 is 0. The molecule has 6 heteroatoms. The Hall–Kier alpha value is -1.66. The molecule has 110 valence electrons. The van der Waals surface area contributed by atoms with Crippen molar-refractivity contribution in [1.82, 2.24) is 4.90 Å². The average Bonchev–Trinajstić information content (AvgIpc) is 2.71. The van der Waals surface area contributed by atoms with Gasteiger partial charge in [0.15, 0.2) is 0 Å². The normalized spacial score (nSPS) is 18.3. The molecule has 1 atom stereocenters. The van der Waals surface area contributed by atoms with Crippen LogP contribution in [0, 0.1) is 5.82 Å². The van der Waals surface area contributed by atoms with Gasteiger partial charge in [0.25, 0.3) is 0 Å². The molecule has 1 heterocycles. The van der Waals surface area contributed by atoms with Crippen LogP contribution in [-0.4, -0.2) is 43.2 Å². The summed E-state index contributed by atoms with van der Waals surface area (Å²) < 4.78 is 18.4. The van der Waals surface area contributed by atoms with E-state index in [1.54, 1.807) is 0 Å². The van der Waals surface area contributed by atoms with E-state index in [9.17, 15) is 9.18 Å². The maximum Gasteiger partial charge on any atom is 0.241 e. The van der Waals surface area contributed by atoms with Gasteiger partial charge < -0.3 is 15.8 Å². The molecule has 1 aromatic rings. The van der Waals surface area contributed by atoms with Gasteiger partial charge in [-0.05, 0) is 31.5 Å². The molecular weight excluding hydrogens is 261 g/mol. The lowest BCUT2D eigenvalue weighted by molar-refractivity contribution is -0.120. The zero-order chi connectivity index (χ0) is 14.5. The first kappa shape index (κ1) is 14.7. The van der Waals surface area contributed by atoms with Gasteiger partial charge in [-0.2, -0.15) is 0 Å². The Morgan fingerprint density at radius 3 is 3.00 bits per heavy atom. The molecule has 1 aliphatic rings. The lowest BCUT2D eigenvalue weighted by Crippen LogP contribution is -2.43. The van der Waals surface area contributed by atoms with Crippen molar-refractivity contribution in [2.24, 2.45) is 0 Å². The van der Waals surface area contributed by atoms with E-state index in [1.807, 2.05) is 6.92 Å². The first-order valence-electron chi connectivity index (χ1n) is 6.75. The van der Waals surface area contributed by atoms with E-state index in [0.717, 1.165) is 26.1 Å². The molecule has 0 aromatic heterocycles. The van der Waals surface area contributed by atoms with E-state index in [1.165, 1.54) is 18.2 Å². The highest BCUT2D eigenvalue weighted by molar-refractivity contribution is 5.94. The Morgan fingerprint density at radius 2 is 2.25 bits per heavy atom. The van der Waals surface area contributed by atoms with Gasteiger partial charge in [-0.3, -0.25) is 9.69 Å². The van der Waals surface area contributed by atoms with Crippen LogP contribution in [0.25, 0.3) is 0 Å². The van der Waals surface area contributed by atoms with Crippen LogP contribution in [0.3, 0.4) is 0 Å². The number of hydrogen-bond acceptors (Lipinski definition) is 4. The third-order valence-corrected chi connectivity index (χ3v) is 3.45. The highest BCUT2D eigenvalue weighted by Crippen LogP contribution is 2.17. The summed E-state index contributed by atoms with van der Waals surface area (Å²) in [5, 5.41) is 2.76. The minimum Gasteiger partial charge on any atom is -0.396 e. The number of carbonyl (C=O) groups excluding carboxylic acids is 1. The second-order valence-corrected chi connectivity index (χ2v) is 4.90. The van der Waals surface area contributed by atoms with Gasteiger partial charge in [-0.15, -0.1) is 0 Å². The smallest absolute Gasteiger partial charge is 0.241 e. The van der Waals surface area contributed by atoms with Crippen LogP contribution in [0.2, 0.25) is 0 Å². The molecule has 0 bridgehead atoms. The number of benzene rings is 1. The summed E-state index contributed by atoms with van der Waals surface area (Å²) in [5.41, 5.74) is 6.02. The molecule has 1 unspecified atom stereocenters. The van der Waals surface area contributed by atoms with Crippen molar-refractivity contribution in [3.05, 3.63) is 24.0 Å². The SMILES string of the molecule is CC(C(=O)Nc1ccc(F)c(N)c1)N1CCCOCC1. The zero-order valence-corrected chi connectivity index (χ0v) is 11.6. The summed E-state index contributed by atoms with van der Waals surface area (Å²) in [6.07, 6.45) is 0.918. The van der Waals surface area contributed by atoms with Crippen molar-refractivity contribution in [3.8, 4) is 0 Å². The van der Waals surface area contributed by atoms with Gasteiger partial charge in [0.2, 0.25) is 5.91 Å². The summed E-state index contributed by atoms with van der Waals surface area (Å²) in [5.74, 6) is -0.612. The molecule has 1 amide bonds. The molecule has 1 aromatic carbocycles. The molecule has 1 saturated heterocycles. The fourth-order valence-corrected chi connectivity index (χ4v) is 2.19. The maximum absolute atomic E-state index is 13.1. The lowest BCUT2D eigenvalue weighted by atomic mass is 10.2. The second-order valence-electron chi connectivity index (χ2n) is 4.90. The van der Waals surface area contributed by atoms with Crippen molar-refractivity contribution in [2.75, 3.05) is 37.4 Å². The fourth-order valence-electron chi connectivity index (χ4n) is 2.19. The quantitative estimate of drug-likeness (QED) is 0.823. The van der Waals surface area contributed by atoms with Crippen LogP contribution in [0.15, 0.2) is 18.2 Å². The highest BCUT2D eigenvalue weighted by Gasteiger charge is 2.22. The molecule has 1 aliphatic heterocycles. The molecule has 1 fully saturated rings. The minimum absolute atomic E-state index is 0.0265. The van der Waals surface area contributed by atoms with Crippen molar-refractivity contribution in [3.63, 3.8) is 0 Å². The van der Waals surface area contributed by atoms with Gasteiger partial charge in [0.05, 0.1) is 18.3 Å². The lowest BCUT2D eigenvalue weighted by Gasteiger charge is -2.26. The molecular formula is C14H20FN3O2. The molecule has 2 rings (SSSR count). The Bertz CT molecular complexity index is 473. The summed E-state index contributed by atoms with van der Waals surface area (Å²) in [6, 6.07) is 3.91. The average molecular weight is 281 g/mol. The predicted molar refractivity (Wildman–Crippen MR) is 75.9 cm³/mol.